The fraction of sp³-hybridized carbons (Fsp3) is 0.531. The second kappa shape index (κ2) is 12.0. The number of carboxylic acid groups (broad SMARTS) is 2. The van der Waals surface area contributed by atoms with Gasteiger partial charge in [0.05, 0.1) is 35.6 Å². The molecule has 4 atom stereocenters. The lowest BCUT2D eigenvalue weighted by Gasteiger charge is -2.63. The van der Waals surface area contributed by atoms with Gasteiger partial charge in [0, 0.05) is 63.3 Å². The molecule has 13 nitrogen and oxygen atoms in total. The van der Waals surface area contributed by atoms with E-state index >= 15 is 4.39 Å². The van der Waals surface area contributed by atoms with Crippen molar-refractivity contribution in [2.24, 2.45) is 5.92 Å². The molecule has 0 saturated carbocycles. The van der Waals surface area contributed by atoms with Gasteiger partial charge in [-0.15, -0.1) is 0 Å². The predicted molar refractivity (Wildman–Crippen MR) is 168 cm³/mol. The number of benzene rings is 1. The molecule has 4 aliphatic rings. The second-order valence-corrected chi connectivity index (χ2v) is 13.4. The van der Waals surface area contributed by atoms with Crippen LogP contribution in [0.5, 0.6) is 0 Å². The van der Waals surface area contributed by atoms with Gasteiger partial charge in [-0.2, -0.15) is 13.2 Å². The molecule has 0 bridgehead atoms. The summed E-state index contributed by atoms with van der Waals surface area (Å²) in [6.45, 7) is 5.74. The highest BCUT2D eigenvalue weighted by Crippen LogP contribution is 2.43. The Labute approximate surface area is 279 Å². The molecule has 5 heterocycles. The highest BCUT2D eigenvalue weighted by atomic mass is 19.4. The average molecular weight is 692 g/mol. The standard InChI is InChI=1S/C32H37F4N7O6/c1-17-10-21(32(34,35)36)12-24(37-17)42-25(44)11-20-14-40(27-22(33)6-5-7-23(27)38(4)28(45)26(20)42)9-8-39-13-18(2)43(30(48)49)31(19(39)3)15-41(16-31)29(46)47/h5-7,10,12,18-20,26H,8-9,11,13-16H2,1-4H3,(H,46,47)(H,48,49)/t18-,19?,20-,26+/m1/s1. The van der Waals surface area contributed by atoms with Gasteiger partial charge >= 0.3 is 18.4 Å². The van der Waals surface area contributed by atoms with E-state index in [0.29, 0.717) is 13.1 Å². The molecule has 264 valence electrons. The van der Waals surface area contributed by atoms with E-state index in [4.69, 9.17) is 0 Å². The van der Waals surface area contributed by atoms with Crippen LogP contribution in [0, 0.1) is 18.7 Å². The van der Waals surface area contributed by atoms with E-state index in [1.54, 1.807) is 17.9 Å². The summed E-state index contributed by atoms with van der Waals surface area (Å²) in [6, 6.07) is 3.74. The van der Waals surface area contributed by atoms with Crippen molar-refractivity contribution in [3.8, 4) is 0 Å². The molecule has 1 aromatic heterocycles. The van der Waals surface area contributed by atoms with Crippen LogP contribution in [0.1, 0.15) is 31.5 Å². The van der Waals surface area contributed by atoms with Crippen molar-refractivity contribution in [1.82, 2.24) is 19.7 Å². The molecule has 4 aliphatic heterocycles. The first-order chi connectivity index (χ1) is 22.9. The van der Waals surface area contributed by atoms with Crippen molar-refractivity contribution < 1.29 is 47.0 Å². The fourth-order valence-corrected chi connectivity index (χ4v) is 8.11. The number of halogens is 4. The maximum absolute atomic E-state index is 15.7. The fourth-order valence-electron chi connectivity index (χ4n) is 8.11. The summed E-state index contributed by atoms with van der Waals surface area (Å²) in [5.41, 5.74) is -1.65. The number of nitrogens with zero attached hydrogens (tertiary/aromatic N) is 7. The zero-order valence-electron chi connectivity index (χ0n) is 27.3. The molecule has 3 saturated heterocycles. The first-order valence-electron chi connectivity index (χ1n) is 15.9. The summed E-state index contributed by atoms with van der Waals surface area (Å²) in [5, 5.41) is 19.6. The Morgan fingerprint density at radius 3 is 2.37 bits per heavy atom. The van der Waals surface area contributed by atoms with E-state index in [1.165, 1.54) is 35.9 Å². The van der Waals surface area contributed by atoms with Crippen molar-refractivity contribution in [2.45, 2.75) is 57.0 Å². The molecule has 1 spiro atoms. The van der Waals surface area contributed by atoms with Gasteiger partial charge in [-0.25, -0.2) is 19.0 Å². The van der Waals surface area contributed by atoms with E-state index < -0.39 is 71.1 Å². The summed E-state index contributed by atoms with van der Waals surface area (Å²) < 4.78 is 57.0. The van der Waals surface area contributed by atoms with E-state index in [9.17, 15) is 42.6 Å². The molecule has 17 heteroatoms. The van der Waals surface area contributed by atoms with Crippen LogP contribution in [0.2, 0.25) is 0 Å². The van der Waals surface area contributed by atoms with Crippen molar-refractivity contribution in [1.29, 1.82) is 0 Å². The summed E-state index contributed by atoms with van der Waals surface area (Å²) in [4.78, 5) is 64.2. The van der Waals surface area contributed by atoms with Crippen molar-refractivity contribution in [3.63, 3.8) is 0 Å². The zero-order valence-corrected chi connectivity index (χ0v) is 27.3. The minimum absolute atomic E-state index is 0.00449. The van der Waals surface area contributed by atoms with E-state index in [0.717, 1.165) is 21.9 Å². The number of fused-ring (bicyclic) bond motifs is 2. The second-order valence-electron chi connectivity index (χ2n) is 13.4. The number of aromatic nitrogens is 1. The Balaban J connectivity index is 1.33. The Bertz CT molecular complexity index is 1700. The van der Waals surface area contributed by atoms with E-state index in [2.05, 4.69) is 4.98 Å². The number of rotatable bonds is 4. The van der Waals surface area contributed by atoms with Crippen molar-refractivity contribution in [2.75, 3.05) is 61.0 Å². The lowest BCUT2D eigenvalue weighted by molar-refractivity contribution is -0.137. The normalized spacial score (nSPS) is 25.6. The molecule has 0 aliphatic carbocycles. The molecule has 3 fully saturated rings. The zero-order chi connectivity index (χ0) is 35.7. The Hall–Kier alpha value is -4.67. The number of carbonyl (C=O) groups excluding carboxylic acids is 2. The number of carbonyl (C=O) groups is 4. The average Bonchev–Trinajstić information content (AvgIpc) is 3.31. The number of piperazine rings is 1. The monoisotopic (exact) mass is 691 g/mol. The quantitative estimate of drug-likeness (QED) is 0.461. The molecule has 0 radical (unpaired) electrons. The topological polar surface area (TPSA) is 141 Å². The number of amides is 4. The number of likely N-dealkylation sites (tertiary alicyclic amines) is 1. The third kappa shape index (κ3) is 5.66. The van der Waals surface area contributed by atoms with Gasteiger partial charge in [0.25, 0.3) is 0 Å². The highest BCUT2D eigenvalue weighted by Gasteiger charge is 2.60. The van der Waals surface area contributed by atoms with Crippen LogP contribution in [-0.2, 0) is 15.8 Å². The SMILES string of the molecule is Cc1cc(C(F)(F)F)cc(N2C(=O)C[C@@H]3CN(CCN4C[C@@H](C)N(C(=O)O)C5(CN(C(=O)O)C5)C4C)c4c(F)cccc4N(C)C(=O)[C@H]32)n1. The summed E-state index contributed by atoms with van der Waals surface area (Å²) in [6.07, 6.45) is -7.21. The van der Waals surface area contributed by atoms with E-state index in [-0.39, 0.29) is 55.5 Å². The van der Waals surface area contributed by atoms with Crippen molar-refractivity contribution >= 4 is 41.2 Å². The number of pyridine rings is 1. The highest BCUT2D eigenvalue weighted by molar-refractivity contribution is 6.10. The minimum atomic E-state index is -4.71. The number of hydrogen-bond donors (Lipinski definition) is 2. The van der Waals surface area contributed by atoms with Gasteiger partial charge in [0.2, 0.25) is 11.8 Å². The van der Waals surface area contributed by atoms with Crippen LogP contribution in [0.15, 0.2) is 30.3 Å². The number of hydrogen-bond acceptors (Lipinski definition) is 7. The van der Waals surface area contributed by atoms with E-state index in [1.807, 2.05) is 11.8 Å². The molecule has 49 heavy (non-hydrogen) atoms. The molecule has 2 N–H and O–H groups in total. The largest absolute Gasteiger partial charge is 0.465 e. The first-order valence-corrected chi connectivity index (χ1v) is 15.9. The van der Waals surface area contributed by atoms with Crippen LogP contribution in [0.25, 0.3) is 0 Å². The maximum Gasteiger partial charge on any atom is 0.416 e. The van der Waals surface area contributed by atoms with Gasteiger partial charge in [-0.05, 0) is 45.0 Å². The predicted octanol–water partition coefficient (Wildman–Crippen LogP) is 3.56. The number of para-hydroxylation sites is 1. The molecular formula is C32H37F4N7O6. The molecule has 1 unspecified atom stereocenters. The third-order valence-corrected chi connectivity index (χ3v) is 10.4. The lowest BCUT2D eigenvalue weighted by atomic mass is 9.77. The van der Waals surface area contributed by atoms with Gasteiger partial charge < -0.3 is 24.9 Å². The summed E-state index contributed by atoms with van der Waals surface area (Å²) in [5.74, 6) is -2.83. The Morgan fingerprint density at radius 1 is 1.04 bits per heavy atom. The molecule has 1 aromatic carbocycles. The van der Waals surface area contributed by atoms with Gasteiger partial charge in [-0.1, -0.05) is 6.07 Å². The minimum Gasteiger partial charge on any atom is -0.465 e. The smallest absolute Gasteiger partial charge is 0.416 e. The number of likely N-dealkylation sites (N-methyl/N-ethyl adjacent to an activating group) is 1. The summed E-state index contributed by atoms with van der Waals surface area (Å²) in [7, 11) is 1.43. The van der Waals surface area contributed by atoms with Crippen LogP contribution in [-0.4, -0.2) is 124 Å². The van der Waals surface area contributed by atoms with Crippen LogP contribution in [0.3, 0.4) is 0 Å². The Kier molecular flexibility index (Phi) is 8.40. The van der Waals surface area contributed by atoms with Crippen molar-refractivity contribution in [3.05, 3.63) is 47.4 Å². The lowest BCUT2D eigenvalue weighted by Crippen LogP contribution is -2.83. The maximum atomic E-state index is 15.7. The number of anilines is 3. The van der Waals surface area contributed by atoms with Crippen LogP contribution >= 0.6 is 0 Å². The first kappa shape index (κ1) is 34.2. The van der Waals surface area contributed by atoms with Gasteiger partial charge in [0.15, 0.2) is 0 Å². The summed E-state index contributed by atoms with van der Waals surface area (Å²) >= 11 is 0. The number of aryl methyl sites for hydroxylation is 1. The molecule has 2 aromatic rings. The van der Waals surface area contributed by atoms with Crippen LogP contribution < -0.4 is 14.7 Å². The number of alkyl halides is 3. The molecule has 6 rings (SSSR count). The van der Waals surface area contributed by atoms with Crippen LogP contribution in [0.4, 0.5) is 44.3 Å². The van der Waals surface area contributed by atoms with Gasteiger partial charge in [0.1, 0.15) is 17.7 Å². The molecular weight excluding hydrogens is 654 g/mol. The third-order valence-electron chi connectivity index (χ3n) is 10.4. The molecule has 4 amide bonds. The Morgan fingerprint density at radius 2 is 1.73 bits per heavy atom. The van der Waals surface area contributed by atoms with Gasteiger partial charge in [-0.3, -0.25) is 24.3 Å².